The first-order valence-corrected chi connectivity index (χ1v) is 9.21. The van der Waals surface area contributed by atoms with Crippen LogP contribution in [0.25, 0.3) is 11.4 Å². The van der Waals surface area contributed by atoms with Crippen molar-refractivity contribution >= 4 is 29.1 Å². The number of rotatable bonds is 4. The minimum absolute atomic E-state index is 0.612. The normalized spacial score (nSPS) is 13.1. The molecule has 2 heterocycles. The molecular formula is C18H15ClN4O2S. The lowest BCUT2D eigenvalue weighted by atomic mass is 10.1. The van der Waals surface area contributed by atoms with E-state index in [2.05, 4.69) is 10.2 Å². The second-order valence-electron chi connectivity index (χ2n) is 5.50. The lowest BCUT2D eigenvalue weighted by Gasteiger charge is -2.15. The Labute approximate surface area is 159 Å². The van der Waals surface area contributed by atoms with Gasteiger partial charge in [0.2, 0.25) is 5.16 Å². The van der Waals surface area contributed by atoms with E-state index >= 15 is 0 Å². The first-order chi connectivity index (χ1) is 12.7. The summed E-state index contributed by atoms with van der Waals surface area (Å²) in [6.07, 6.45) is 0. The highest BCUT2D eigenvalue weighted by molar-refractivity contribution is 7.99. The monoisotopic (exact) mass is 386 g/mol. The molecule has 1 aromatic heterocycles. The predicted octanol–water partition coefficient (Wildman–Crippen LogP) is 3.97. The summed E-state index contributed by atoms with van der Waals surface area (Å²) in [7, 11) is 3.23. The molecule has 8 heteroatoms. The van der Waals surface area contributed by atoms with Crippen LogP contribution in [0.2, 0.25) is 5.02 Å². The third kappa shape index (κ3) is 2.93. The zero-order valence-electron chi connectivity index (χ0n) is 14.1. The number of methoxy groups -OCH3 is 2. The standard InChI is InChI=1S/C18H15ClN4O2S/c1-24-15-8-7-11(9-16(15)25-2)14-10-26-18-21-20-17(23(18)22-14)12-5-3-4-6-13(12)19/h3-9H,10H2,1-2H3. The maximum Gasteiger partial charge on any atom is 0.212 e. The highest BCUT2D eigenvalue weighted by atomic mass is 35.5. The number of hydrogen-bond donors (Lipinski definition) is 0. The van der Waals surface area contributed by atoms with Gasteiger partial charge >= 0.3 is 0 Å². The highest BCUT2D eigenvalue weighted by Crippen LogP contribution is 2.33. The van der Waals surface area contributed by atoms with Gasteiger partial charge in [0.25, 0.3) is 0 Å². The van der Waals surface area contributed by atoms with Crippen molar-refractivity contribution in [1.29, 1.82) is 0 Å². The number of hydrogen-bond acceptors (Lipinski definition) is 6. The van der Waals surface area contributed by atoms with Gasteiger partial charge in [0, 0.05) is 16.9 Å². The minimum Gasteiger partial charge on any atom is -0.493 e. The van der Waals surface area contributed by atoms with Gasteiger partial charge in [0.05, 0.1) is 25.0 Å². The number of halogens is 1. The SMILES string of the molecule is COc1ccc(C2=Nn3c(nnc3-c3ccccc3Cl)SC2)cc1OC. The summed E-state index contributed by atoms with van der Waals surface area (Å²) in [6.45, 7) is 0. The highest BCUT2D eigenvalue weighted by Gasteiger charge is 2.22. The molecule has 26 heavy (non-hydrogen) atoms. The summed E-state index contributed by atoms with van der Waals surface area (Å²) in [5.41, 5.74) is 2.65. The van der Waals surface area contributed by atoms with E-state index in [1.54, 1.807) is 30.7 Å². The van der Waals surface area contributed by atoms with Crippen molar-refractivity contribution < 1.29 is 9.47 Å². The van der Waals surface area contributed by atoms with E-state index in [0.717, 1.165) is 22.0 Å². The number of thioether (sulfide) groups is 1. The number of aromatic nitrogens is 3. The Morgan fingerprint density at radius 3 is 2.62 bits per heavy atom. The molecule has 3 aromatic rings. The fourth-order valence-corrected chi connectivity index (χ4v) is 3.75. The Morgan fingerprint density at radius 2 is 1.85 bits per heavy atom. The lowest BCUT2D eigenvalue weighted by Crippen LogP contribution is -2.14. The maximum absolute atomic E-state index is 6.32. The van der Waals surface area contributed by atoms with Crippen molar-refractivity contribution in [1.82, 2.24) is 14.9 Å². The van der Waals surface area contributed by atoms with Crippen LogP contribution in [0.3, 0.4) is 0 Å². The van der Waals surface area contributed by atoms with Gasteiger partial charge < -0.3 is 9.47 Å². The summed E-state index contributed by atoms with van der Waals surface area (Å²) in [5, 5.41) is 14.6. The molecule has 0 amide bonds. The first-order valence-electron chi connectivity index (χ1n) is 7.84. The Kier molecular flexibility index (Phi) is 4.57. The molecule has 0 bridgehead atoms. The van der Waals surface area contributed by atoms with Gasteiger partial charge in [0.1, 0.15) is 0 Å². The molecule has 1 aliphatic heterocycles. The Hall–Kier alpha value is -2.51. The zero-order valence-corrected chi connectivity index (χ0v) is 15.7. The molecule has 0 N–H and O–H groups in total. The molecule has 0 saturated carbocycles. The van der Waals surface area contributed by atoms with Crippen molar-refractivity contribution in [2.45, 2.75) is 5.16 Å². The molecule has 0 saturated heterocycles. The third-order valence-corrected chi connectivity index (χ3v) is 5.26. The maximum atomic E-state index is 6.32. The van der Waals surface area contributed by atoms with Crippen molar-refractivity contribution in [3.8, 4) is 22.9 Å². The van der Waals surface area contributed by atoms with Gasteiger partial charge in [-0.15, -0.1) is 10.2 Å². The summed E-state index contributed by atoms with van der Waals surface area (Å²) < 4.78 is 12.4. The molecule has 6 nitrogen and oxygen atoms in total. The third-order valence-electron chi connectivity index (χ3n) is 4.00. The smallest absolute Gasteiger partial charge is 0.212 e. The molecule has 1 aliphatic rings. The summed E-state index contributed by atoms with van der Waals surface area (Å²) >= 11 is 7.90. The largest absolute Gasteiger partial charge is 0.493 e. The first kappa shape index (κ1) is 16.9. The fourth-order valence-electron chi connectivity index (χ4n) is 2.70. The van der Waals surface area contributed by atoms with Gasteiger partial charge in [-0.05, 0) is 30.3 Å². The van der Waals surface area contributed by atoms with Gasteiger partial charge in [-0.25, -0.2) is 0 Å². The molecule has 0 radical (unpaired) electrons. The van der Waals surface area contributed by atoms with Crippen molar-refractivity contribution in [2.75, 3.05) is 20.0 Å². The molecule has 0 atom stereocenters. The number of ether oxygens (including phenoxy) is 2. The predicted molar refractivity (Wildman–Crippen MR) is 103 cm³/mol. The van der Waals surface area contributed by atoms with E-state index in [1.165, 1.54) is 0 Å². The summed E-state index contributed by atoms with van der Waals surface area (Å²) in [5.74, 6) is 2.66. The molecule has 0 aliphatic carbocycles. The van der Waals surface area contributed by atoms with Crippen LogP contribution >= 0.6 is 23.4 Å². The van der Waals surface area contributed by atoms with E-state index in [1.807, 2.05) is 42.5 Å². The second-order valence-corrected chi connectivity index (χ2v) is 6.85. The number of nitrogens with zero attached hydrogens (tertiary/aromatic N) is 4. The fraction of sp³-hybridized carbons (Fsp3) is 0.167. The Bertz CT molecular complexity index is 1000. The van der Waals surface area contributed by atoms with Gasteiger partial charge in [-0.3, -0.25) is 0 Å². The van der Waals surface area contributed by atoms with Crippen molar-refractivity contribution in [2.24, 2.45) is 5.10 Å². The van der Waals surface area contributed by atoms with Gasteiger partial charge in [-0.1, -0.05) is 35.5 Å². The van der Waals surface area contributed by atoms with Gasteiger partial charge in [0.15, 0.2) is 17.3 Å². The zero-order chi connectivity index (χ0) is 18.1. The van der Waals surface area contributed by atoms with Crippen LogP contribution in [-0.4, -0.2) is 40.6 Å². The van der Waals surface area contributed by atoms with E-state index in [9.17, 15) is 0 Å². The second kappa shape index (κ2) is 7.01. The van der Waals surface area contributed by atoms with Crippen LogP contribution in [0.4, 0.5) is 0 Å². The minimum atomic E-state index is 0.612. The quantitative estimate of drug-likeness (QED) is 0.678. The van der Waals surface area contributed by atoms with Crippen molar-refractivity contribution in [3.05, 3.63) is 53.1 Å². The molecular weight excluding hydrogens is 372 g/mol. The molecule has 4 rings (SSSR count). The van der Waals surface area contributed by atoms with Crippen LogP contribution < -0.4 is 9.47 Å². The molecule has 0 spiro atoms. The number of benzene rings is 2. The molecule has 2 aromatic carbocycles. The van der Waals surface area contributed by atoms with Gasteiger partial charge in [-0.2, -0.15) is 9.78 Å². The van der Waals surface area contributed by atoms with Crippen LogP contribution in [0.5, 0.6) is 11.5 Å². The summed E-state index contributed by atoms with van der Waals surface area (Å²) in [4.78, 5) is 0. The topological polar surface area (TPSA) is 61.5 Å². The van der Waals surface area contributed by atoms with E-state index in [0.29, 0.717) is 28.1 Å². The average Bonchev–Trinajstić information content (AvgIpc) is 3.10. The molecule has 0 unspecified atom stereocenters. The summed E-state index contributed by atoms with van der Waals surface area (Å²) in [6, 6.07) is 13.3. The van der Waals surface area contributed by atoms with Crippen molar-refractivity contribution in [3.63, 3.8) is 0 Å². The Morgan fingerprint density at radius 1 is 1.04 bits per heavy atom. The lowest BCUT2D eigenvalue weighted by molar-refractivity contribution is 0.355. The number of fused-ring (bicyclic) bond motifs is 1. The average molecular weight is 387 g/mol. The Balaban J connectivity index is 1.79. The molecule has 0 fully saturated rings. The van der Waals surface area contributed by atoms with Crippen LogP contribution in [0.1, 0.15) is 5.56 Å². The van der Waals surface area contributed by atoms with E-state index in [4.69, 9.17) is 26.2 Å². The van der Waals surface area contributed by atoms with Crippen LogP contribution in [-0.2, 0) is 0 Å². The van der Waals surface area contributed by atoms with E-state index in [-0.39, 0.29) is 0 Å². The van der Waals surface area contributed by atoms with Crippen LogP contribution in [0.15, 0.2) is 52.7 Å². The van der Waals surface area contributed by atoms with Crippen LogP contribution in [0, 0.1) is 0 Å². The van der Waals surface area contributed by atoms with E-state index < -0.39 is 0 Å². The molecule has 132 valence electrons.